The molecule has 1 aromatic carbocycles. The quantitative estimate of drug-likeness (QED) is 0.384. The van der Waals surface area contributed by atoms with E-state index < -0.39 is 0 Å². The number of nitrogens with zero attached hydrogens (tertiary/aromatic N) is 5. The van der Waals surface area contributed by atoms with Gasteiger partial charge in [0, 0.05) is 21.5 Å². The number of benzene rings is 1. The summed E-state index contributed by atoms with van der Waals surface area (Å²) in [6.07, 6.45) is 1.66. The molecule has 0 bridgehead atoms. The van der Waals surface area contributed by atoms with Crippen molar-refractivity contribution in [3.05, 3.63) is 52.7 Å². The Balaban J connectivity index is 2.01. The van der Waals surface area contributed by atoms with Gasteiger partial charge in [-0.3, -0.25) is 4.79 Å². The van der Waals surface area contributed by atoms with Crippen molar-refractivity contribution in [2.45, 2.75) is 20.8 Å². The highest BCUT2D eigenvalue weighted by atomic mass is 35.5. The minimum Gasteiger partial charge on any atom is -0.294 e. The number of ketones is 1. The zero-order chi connectivity index (χ0) is 19.6. The van der Waals surface area contributed by atoms with Gasteiger partial charge in [-0.15, -0.1) is 11.3 Å². The van der Waals surface area contributed by atoms with E-state index in [1.165, 1.54) is 11.3 Å². The van der Waals surface area contributed by atoms with Crippen molar-refractivity contribution in [2.75, 3.05) is 0 Å². The van der Waals surface area contributed by atoms with E-state index in [1.54, 1.807) is 17.8 Å². The van der Waals surface area contributed by atoms with Crippen LogP contribution in [0.2, 0.25) is 5.02 Å². The van der Waals surface area contributed by atoms with Crippen molar-refractivity contribution < 1.29 is 4.79 Å². The highest BCUT2D eigenvalue weighted by Gasteiger charge is 2.23. The molecule has 0 aliphatic carbocycles. The van der Waals surface area contributed by atoms with Gasteiger partial charge in [0.25, 0.3) is 0 Å². The fourth-order valence-corrected chi connectivity index (χ4v) is 4.90. The molecule has 0 fully saturated rings. The van der Waals surface area contributed by atoms with Crippen molar-refractivity contribution in [3.63, 3.8) is 0 Å². The van der Waals surface area contributed by atoms with Gasteiger partial charge >= 0.3 is 0 Å². The summed E-state index contributed by atoms with van der Waals surface area (Å²) in [6.45, 7) is 5.28. The smallest absolute Gasteiger partial charge is 0.176 e. The fourth-order valence-electron chi connectivity index (χ4n) is 3.62. The number of hydrogen-bond acceptors (Lipinski definition) is 6. The molecule has 0 N–H and O–H groups in total. The van der Waals surface area contributed by atoms with Crippen LogP contribution in [0, 0.1) is 13.8 Å². The number of halogens is 1. The summed E-state index contributed by atoms with van der Waals surface area (Å²) in [5, 5.41) is 5.85. The lowest BCUT2D eigenvalue weighted by Crippen LogP contribution is -2.03. The van der Waals surface area contributed by atoms with Crippen LogP contribution in [0.4, 0.5) is 0 Å². The molecule has 0 amide bonds. The molecule has 0 aliphatic heterocycles. The Kier molecular flexibility index (Phi) is 3.72. The number of carbonyl (C=O) groups is 1. The molecule has 4 heterocycles. The molecule has 4 aromatic heterocycles. The van der Waals surface area contributed by atoms with Crippen LogP contribution in [0.15, 0.2) is 30.6 Å². The monoisotopic (exact) mass is 407 g/mol. The summed E-state index contributed by atoms with van der Waals surface area (Å²) >= 11 is 7.60. The molecule has 8 heteroatoms. The lowest BCUT2D eigenvalue weighted by Gasteiger charge is -2.12. The standard InChI is InChI=1S/C20H14ClN5OS/c1-9-14(10(2)27)15(12-4-6-13(21)7-5-12)16-17-18(28-20(16)23-9)19-24-11(3)25-26(19)8-22-17/h4-8H,1-3H3. The minimum absolute atomic E-state index is 0.0319. The van der Waals surface area contributed by atoms with Gasteiger partial charge in [0.15, 0.2) is 11.4 Å². The van der Waals surface area contributed by atoms with Gasteiger partial charge in [-0.2, -0.15) is 5.10 Å². The number of pyridine rings is 1. The van der Waals surface area contributed by atoms with Gasteiger partial charge in [0.1, 0.15) is 21.7 Å². The van der Waals surface area contributed by atoms with Gasteiger partial charge in [0.05, 0.1) is 11.2 Å². The van der Waals surface area contributed by atoms with Crippen LogP contribution < -0.4 is 0 Å². The number of rotatable bonds is 2. The van der Waals surface area contributed by atoms with Gasteiger partial charge in [0.2, 0.25) is 0 Å². The second-order valence-electron chi connectivity index (χ2n) is 6.64. The first-order valence-electron chi connectivity index (χ1n) is 8.65. The minimum atomic E-state index is -0.0319. The number of fused-ring (bicyclic) bond motifs is 5. The Hall–Kier alpha value is -2.90. The molecule has 28 heavy (non-hydrogen) atoms. The summed E-state index contributed by atoms with van der Waals surface area (Å²) in [6, 6.07) is 7.49. The Morgan fingerprint density at radius 3 is 2.61 bits per heavy atom. The second-order valence-corrected chi connectivity index (χ2v) is 8.08. The second kappa shape index (κ2) is 6.05. The summed E-state index contributed by atoms with van der Waals surface area (Å²) in [7, 11) is 0. The molecule has 0 atom stereocenters. The maximum absolute atomic E-state index is 12.5. The molecule has 5 aromatic rings. The van der Waals surface area contributed by atoms with Crippen LogP contribution >= 0.6 is 22.9 Å². The molecule has 0 aliphatic rings. The van der Waals surface area contributed by atoms with Gasteiger partial charge < -0.3 is 0 Å². The lowest BCUT2D eigenvalue weighted by molar-refractivity contribution is 0.101. The molecule has 0 spiro atoms. The van der Waals surface area contributed by atoms with Crippen LogP contribution in [0.3, 0.4) is 0 Å². The predicted octanol–water partition coefficient (Wildman–Crippen LogP) is 5.03. The number of thiophene rings is 1. The molecular formula is C20H14ClN5OS. The fraction of sp³-hybridized carbons (Fsp3) is 0.150. The molecule has 0 radical (unpaired) electrons. The number of Topliss-reactive ketones (excluding diaryl/α,β-unsaturated/α-hetero) is 1. The first-order chi connectivity index (χ1) is 13.4. The first kappa shape index (κ1) is 17.2. The average molecular weight is 408 g/mol. The maximum atomic E-state index is 12.5. The molecule has 0 unspecified atom stereocenters. The molecule has 0 saturated heterocycles. The average Bonchev–Trinajstić information content (AvgIpc) is 3.20. The molecule has 0 saturated carbocycles. The summed E-state index contributed by atoms with van der Waals surface area (Å²) in [5.74, 6) is 0.647. The van der Waals surface area contributed by atoms with E-state index in [1.807, 2.05) is 38.1 Å². The third-order valence-corrected chi connectivity index (χ3v) is 6.04. The van der Waals surface area contributed by atoms with Crippen LogP contribution in [0.5, 0.6) is 0 Å². The Bertz CT molecular complexity index is 1420. The van der Waals surface area contributed by atoms with Crippen molar-refractivity contribution in [3.8, 4) is 11.1 Å². The Labute approximate surface area is 168 Å². The van der Waals surface area contributed by atoms with Gasteiger partial charge in [-0.05, 0) is 38.5 Å². The van der Waals surface area contributed by atoms with Crippen molar-refractivity contribution in [1.29, 1.82) is 0 Å². The van der Waals surface area contributed by atoms with E-state index in [-0.39, 0.29) is 5.78 Å². The molecule has 5 rings (SSSR count). The zero-order valence-electron chi connectivity index (χ0n) is 15.3. The summed E-state index contributed by atoms with van der Waals surface area (Å²) in [4.78, 5) is 27.3. The van der Waals surface area contributed by atoms with Crippen molar-refractivity contribution in [1.82, 2.24) is 24.6 Å². The highest BCUT2D eigenvalue weighted by Crippen LogP contribution is 2.42. The third-order valence-electron chi connectivity index (χ3n) is 4.72. The lowest BCUT2D eigenvalue weighted by atomic mass is 9.94. The largest absolute Gasteiger partial charge is 0.294 e. The zero-order valence-corrected chi connectivity index (χ0v) is 16.9. The van der Waals surface area contributed by atoms with Crippen LogP contribution in [-0.4, -0.2) is 30.3 Å². The van der Waals surface area contributed by atoms with E-state index in [2.05, 4.69) is 15.1 Å². The Morgan fingerprint density at radius 2 is 1.89 bits per heavy atom. The van der Waals surface area contributed by atoms with E-state index in [0.717, 1.165) is 37.2 Å². The predicted molar refractivity (Wildman–Crippen MR) is 111 cm³/mol. The van der Waals surface area contributed by atoms with Crippen LogP contribution in [0.25, 0.3) is 37.2 Å². The van der Waals surface area contributed by atoms with E-state index >= 15 is 0 Å². The van der Waals surface area contributed by atoms with Crippen LogP contribution in [-0.2, 0) is 0 Å². The number of aromatic nitrogens is 5. The Morgan fingerprint density at radius 1 is 1.14 bits per heavy atom. The summed E-state index contributed by atoms with van der Waals surface area (Å²) < 4.78 is 2.58. The molecule has 6 nitrogen and oxygen atoms in total. The van der Waals surface area contributed by atoms with Crippen molar-refractivity contribution in [2.24, 2.45) is 0 Å². The van der Waals surface area contributed by atoms with Crippen LogP contribution in [0.1, 0.15) is 28.8 Å². The first-order valence-corrected chi connectivity index (χ1v) is 9.85. The van der Waals surface area contributed by atoms with E-state index in [0.29, 0.717) is 22.1 Å². The van der Waals surface area contributed by atoms with Gasteiger partial charge in [-0.25, -0.2) is 19.5 Å². The maximum Gasteiger partial charge on any atom is 0.176 e. The normalized spacial score (nSPS) is 11.7. The molecule has 138 valence electrons. The number of hydrogen-bond donors (Lipinski definition) is 0. The molecular weight excluding hydrogens is 394 g/mol. The SMILES string of the molecule is CC(=O)c1c(C)nc2sc3c(ncn4nc(C)nc34)c2c1-c1ccc(Cl)cc1. The topological polar surface area (TPSA) is 73.0 Å². The highest BCUT2D eigenvalue weighted by molar-refractivity contribution is 7.26. The van der Waals surface area contributed by atoms with E-state index in [4.69, 9.17) is 16.6 Å². The summed E-state index contributed by atoms with van der Waals surface area (Å²) in [5.41, 5.74) is 4.57. The number of carbonyl (C=O) groups excluding carboxylic acids is 1. The number of aryl methyl sites for hydroxylation is 2. The van der Waals surface area contributed by atoms with Crippen molar-refractivity contribution >= 4 is 54.8 Å². The third kappa shape index (κ3) is 2.43. The van der Waals surface area contributed by atoms with Gasteiger partial charge in [-0.1, -0.05) is 23.7 Å². The van der Waals surface area contributed by atoms with E-state index in [9.17, 15) is 4.79 Å².